The van der Waals surface area contributed by atoms with Crippen LogP contribution in [0.5, 0.6) is 0 Å². The lowest BCUT2D eigenvalue weighted by molar-refractivity contribution is 0.318. The van der Waals surface area contributed by atoms with Gasteiger partial charge in [0.15, 0.2) is 5.84 Å². The van der Waals surface area contributed by atoms with E-state index in [1.165, 1.54) is 4.88 Å². The molecule has 0 saturated heterocycles. The van der Waals surface area contributed by atoms with Crippen LogP contribution in [0.2, 0.25) is 0 Å². The highest BCUT2D eigenvalue weighted by atomic mass is 32.1. The lowest BCUT2D eigenvalue weighted by Gasteiger charge is -2.24. The van der Waals surface area contributed by atoms with Gasteiger partial charge in [0.1, 0.15) is 5.69 Å². The van der Waals surface area contributed by atoms with Crippen LogP contribution < -0.4 is 10.6 Å². The summed E-state index contributed by atoms with van der Waals surface area (Å²) in [6, 6.07) is 5.93. The van der Waals surface area contributed by atoms with Gasteiger partial charge in [0, 0.05) is 17.6 Å². The van der Waals surface area contributed by atoms with Gasteiger partial charge in [0.05, 0.1) is 6.04 Å². The fourth-order valence-electron chi connectivity index (χ4n) is 1.79. The monoisotopic (exact) mass is 291 g/mol. The minimum absolute atomic E-state index is 0.0195. The number of oxime groups is 1. The highest BCUT2D eigenvalue weighted by Crippen LogP contribution is 2.26. The molecule has 0 aromatic carbocycles. The molecule has 20 heavy (non-hydrogen) atoms. The summed E-state index contributed by atoms with van der Waals surface area (Å²) in [5, 5.41) is 13.8. The summed E-state index contributed by atoms with van der Waals surface area (Å²) in [6.45, 7) is 3.93. The minimum Gasteiger partial charge on any atom is -0.409 e. The normalized spacial score (nSPS) is 13.2. The lowest BCUT2D eigenvalue weighted by Crippen LogP contribution is -2.25. The molecule has 0 aliphatic heterocycles. The molecule has 2 heterocycles. The Morgan fingerprint density at radius 2 is 2.25 bits per heavy atom. The van der Waals surface area contributed by atoms with Gasteiger partial charge in [-0.1, -0.05) is 11.2 Å². The smallest absolute Gasteiger partial charge is 0.226 e. The van der Waals surface area contributed by atoms with Crippen molar-refractivity contribution in [3.63, 3.8) is 0 Å². The molecule has 2 rings (SSSR count). The van der Waals surface area contributed by atoms with Crippen LogP contribution in [0.4, 0.5) is 5.95 Å². The standard InChI is InChI=1S/C13H17N5OS/c1-8-7-10(12(14)17-19)16-13(15-8)18(3)9(2)11-5-4-6-20-11/h4-7,9,19H,1-3H3,(H2,14,17). The third kappa shape index (κ3) is 2.88. The van der Waals surface area contributed by atoms with Crippen LogP contribution in [0.15, 0.2) is 28.7 Å². The number of aromatic nitrogens is 2. The zero-order chi connectivity index (χ0) is 14.7. The summed E-state index contributed by atoms with van der Waals surface area (Å²) in [5.74, 6) is 0.529. The fourth-order valence-corrected chi connectivity index (χ4v) is 2.61. The highest BCUT2D eigenvalue weighted by Gasteiger charge is 2.17. The van der Waals surface area contributed by atoms with Crippen molar-refractivity contribution in [1.82, 2.24) is 9.97 Å². The Morgan fingerprint density at radius 1 is 1.50 bits per heavy atom. The van der Waals surface area contributed by atoms with Crippen LogP contribution in [0, 0.1) is 6.92 Å². The van der Waals surface area contributed by atoms with Gasteiger partial charge in [0.2, 0.25) is 5.95 Å². The van der Waals surface area contributed by atoms with Crippen molar-refractivity contribution in [2.75, 3.05) is 11.9 Å². The Hall–Kier alpha value is -2.15. The average Bonchev–Trinajstić information content (AvgIpc) is 2.98. The molecule has 0 saturated carbocycles. The molecule has 1 unspecified atom stereocenters. The van der Waals surface area contributed by atoms with Gasteiger partial charge < -0.3 is 15.8 Å². The molecule has 0 bridgehead atoms. The number of nitrogens with two attached hydrogens (primary N) is 1. The van der Waals surface area contributed by atoms with E-state index in [4.69, 9.17) is 10.9 Å². The van der Waals surface area contributed by atoms with Crippen LogP contribution in [0.3, 0.4) is 0 Å². The molecule has 0 aliphatic carbocycles. The summed E-state index contributed by atoms with van der Waals surface area (Å²) < 4.78 is 0. The molecular weight excluding hydrogens is 274 g/mol. The minimum atomic E-state index is -0.0195. The predicted molar refractivity (Wildman–Crippen MR) is 80.4 cm³/mol. The molecule has 0 amide bonds. The van der Waals surface area contributed by atoms with Gasteiger partial charge in [-0.15, -0.1) is 11.3 Å². The number of hydrogen-bond donors (Lipinski definition) is 2. The Balaban J connectivity index is 2.34. The molecule has 2 aromatic rings. The Labute approximate surface area is 121 Å². The van der Waals surface area contributed by atoms with Crippen molar-refractivity contribution < 1.29 is 5.21 Å². The maximum atomic E-state index is 8.76. The van der Waals surface area contributed by atoms with E-state index in [0.717, 1.165) is 5.69 Å². The van der Waals surface area contributed by atoms with Gasteiger partial charge in [-0.25, -0.2) is 9.97 Å². The predicted octanol–water partition coefficient (Wildman–Crippen LogP) is 2.14. The van der Waals surface area contributed by atoms with Crippen LogP contribution >= 0.6 is 11.3 Å². The highest BCUT2D eigenvalue weighted by molar-refractivity contribution is 7.10. The molecule has 106 valence electrons. The van der Waals surface area contributed by atoms with Gasteiger partial charge in [-0.2, -0.15) is 0 Å². The van der Waals surface area contributed by atoms with Crippen LogP contribution in [-0.2, 0) is 0 Å². The summed E-state index contributed by atoms with van der Waals surface area (Å²) in [7, 11) is 1.93. The summed E-state index contributed by atoms with van der Waals surface area (Å²) >= 11 is 1.69. The number of aryl methyl sites for hydroxylation is 1. The number of hydrogen-bond acceptors (Lipinski definition) is 6. The van der Waals surface area contributed by atoms with E-state index < -0.39 is 0 Å². The second-order valence-electron chi connectivity index (χ2n) is 4.48. The zero-order valence-corrected chi connectivity index (χ0v) is 12.4. The number of anilines is 1. The van der Waals surface area contributed by atoms with Crippen molar-refractivity contribution in [1.29, 1.82) is 0 Å². The van der Waals surface area contributed by atoms with Crippen molar-refractivity contribution >= 4 is 23.1 Å². The first-order chi connectivity index (χ1) is 9.52. The molecule has 0 radical (unpaired) electrons. The molecule has 0 fully saturated rings. The quantitative estimate of drug-likeness (QED) is 0.390. The third-order valence-corrected chi connectivity index (χ3v) is 4.11. The lowest BCUT2D eigenvalue weighted by atomic mass is 10.2. The summed E-state index contributed by atoms with van der Waals surface area (Å²) in [4.78, 5) is 11.9. The van der Waals surface area contributed by atoms with Crippen molar-refractivity contribution in [2.24, 2.45) is 10.9 Å². The number of thiophene rings is 1. The van der Waals surface area contributed by atoms with E-state index in [0.29, 0.717) is 11.6 Å². The maximum Gasteiger partial charge on any atom is 0.226 e. The zero-order valence-electron chi connectivity index (χ0n) is 11.6. The molecular formula is C13H17N5OS. The van der Waals surface area contributed by atoms with Gasteiger partial charge in [-0.3, -0.25) is 0 Å². The first-order valence-corrected chi connectivity index (χ1v) is 7.00. The topological polar surface area (TPSA) is 87.6 Å². The molecule has 3 N–H and O–H groups in total. The number of rotatable bonds is 4. The largest absolute Gasteiger partial charge is 0.409 e. The van der Waals surface area contributed by atoms with E-state index in [1.807, 2.05) is 30.3 Å². The van der Waals surface area contributed by atoms with Crippen LogP contribution in [-0.4, -0.2) is 28.1 Å². The number of amidine groups is 1. The molecule has 6 nitrogen and oxygen atoms in total. The first-order valence-electron chi connectivity index (χ1n) is 6.12. The average molecular weight is 291 g/mol. The summed E-state index contributed by atoms with van der Waals surface area (Å²) in [6.07, 6.45) is 0. The second-order valence-corrected chi connectivity index (χ2v) is 5.46. The molecule has 7 heteroatoms. The van der Waals surface area contributed by atoms with Crippen molar-refractivity contribution in [3.05, 3.63) is 39.8 Å². The van der Waals surface area contributed by atoms with Crippen molar-refractivity contribution in [2.45, 2.75) is 19.9 Å². The summed E-state index contributed by atoms with van der Waals surface area (Å²) in [5.41, 5.74) is 6.78. The Bertz CT molecular complexity index is 611. The first kappa shape index (κ1) is 14.3. The molecule has 1 atom stereocenters. The Kier molecular flexibility index (Phi) is 4.19. The van der Waals surface area contributed by atoms with E-state index in [1.54, 1.807) is 17.4 Å². The van der Waals surface area contributed by atoms with E-state index in [9.17, 15) is 0 Å². The van der Waals surface area contributed by atoms with Gasteiger partial charge in [-0.05, 0) is 31.4 Å². The SMILES string of the molecule is Cc1cc(/C(N)=N/O)nc(N(C)C(C)c2cccs2)n1. The maximum absolute atomic E-state index is 8.76. The third-order valence-electron chi connectivity index (χ3n) is 3.06. The number of nitrogens with zero attached hydrogens (tertiary/aromatic N) is 4. The van der Waals surface area contributed by atoms with Gasteiger partial charge >= 0.3 is 0 Å². The van der Waals surface area contributed by atoms with Gasteiger partial charge in [0.25, 0.3) is 0 Å². The molecule has 2 aromatic heterocycles. The Morgan fingerprint density at radius 3 is 2.85 bits per heavy atom. The molecule has 0 spiro atoms. The van der Waals surface area contributed by atoms with E-state index in [2.05, 4.69) is 28.1 Å². The van der Waals surface area contributed by atoms with E-state index in [-0.39, 0.29) is 11.9 Å². The fraction of sp³-hybridized carbons (Fsp3) is 0.308. The van der Waals surface area contributed by atoms with Crippen LogP contribution in [0.1, 0.15) is 29.2 Å². The molecule has 0 aliphatic rings. The second kappa shape index (κ2) is 5.87. The van der Waals surface area contributed by atoms with Crippen LogP contribution in [0.25, 0.3) is 0 Å². The van der Waals surface area contributed by atoms with Crippen molar-refractivity contribution in [3.8, 4) is 0 Å². The van der Waals surface area contributed by atoms with E-state index >= 15 is 0 Å².